The van der Waals surface area contributed by atoms with Crippen LogP contribution < -0.4 is 10.6 Å². The Labute approximate surface area is 121 Å². The molecule has 110 valence electrons. The van der Waals surface area contributed by atoms with Crippen molar-refractivity contribution in [2.24, 2.45) is 10.9 Å². The predicted octanol–water partition coefficient (Wildman–Crippen LogP) is 1.39. The fourth-order valence-electron chi connectivity index (χ4n) is 2.62. The first-order valence-corrected chi connectivity index (χ1v) is 8.98. The Kier molecular flexibility index (Phi) is 6.31. The van der Waals surface area contributed by atoms with Gasteiger partial charge in [-0.3, -0.25) is 4.99 Å². The molecular weight excluding hydrogens is 256 g/mol. The summed E-state index contributed by atoms with van der Waals surface area (Å²) in [6, 6.07) is 0.918. The lowest BCUT2D eigenvalue weighted by Crippen LogP contribution is -2.38. The van der Waals surface area contributed by atoms with Gasteiger partial charge in [0, 0.05) is 38.0 Å². The second-order valence-corrected chi connectivity index (χ2v) is 6.51. The van der Waals surface area contributed by atoms with Crippen molar-refractivity contribution in [3.8, 4) is 0 Å². The Morgan fingerprint density at radius 3 is 2.84 bits per heavy atom. The molecule has 1 saturated heterocycles. The van der Waals surface area contributed by atoms with Crippen molar-refractivity contribution in [3.05, 3.63) is 0 Å². The van der Waals surface area contributed by atoms with E-state index >= 15 is 0 Å². The number of likely N-dealkylation sites (tertiary alicyclic amines) is 1. The molecule has 0 spiro atoms. The molecule has 1 aliphatic heterocycles. The van der Waals surface area contributed by atoms with Crippen LogP contribution in [0.1, 0.15) is 26.2 Å². The van der Waals surface area contributed by atoms with Gasteiger partial charge in [0.15, 0.2) is 5.96 Å². The van der Waals surface area contributed by atoms with Gasteiger partial charge in [0.05, 0.1) is 0 Å². The van der Waals surface area contributed by atoms with Gasteiger partial charge in [0.2, 0.25) is 0 Å². The Hall–Kier alpha value is -0.420. The number of guanidine groups is 1. The van der Waals surface area contributed by atoms with Crippen molar-refractivity contribution < 1.29 is 0 Å². The summed E-state index contributed by atoms with van der Waals surface area (Å²) in [5.41, 5.74) is 0. The number of thioether (sulfide) groups is 1. The van der Waals surface area contributed by atoms with Crippen molar-refractivity contribution >= 4 is 17.7 Å². The molecule has 4 nitrogen and oxygen atoms in total. The van der Waals surface area contributed by atoms with Gasteiger partial charge in [-0.15, -0.1) is 0 Å². The van der Waals surface area contributed by atoms with Gasteiger partial charge >= 0.3 is 0 Å². The van der Waals surface area contributed by atoms with E-state index in [2.05, 4.69) is 28.7 Å². The van der Waals surface area contributed by atoms with Gasteiger partial charge in [-0.25, -0.2) is 0 Å². The summed E-state index contributed by atoms with van der Waals surface area (Å²) in [6.07, 6.45) is 6.31. The van der Waals surface area contributed by atoms with Crippen LogP contribution in [0, 0.1) is 5.92 Å². The molecule has 5 heteroatoms. The second-order valence-electron chi connectivity index (χ2n) is 5.52. The molecule has 0 bridgehead atoms. The fraction of sp³-hybridized carbons (Fsp3) is 0.929. The highest BCUT2D eigenvalue weighted by Gasteiger charge is 2.34. The van der Waals surface area contributed by atoms with Crippen LogP contribution in [0.25, 0.3) is 0 Å². The van der Waals surface area contributed by atoms with E-state index in [1.54, 1.807) is 0 Å². The summed E-state index contributed by atoms with van der Waals surface area (Å²) in [5.74, 6) is 2.88. The first kappa shape index (κ1) is 15.0. The average molecular weight is 284 g/mol. The van der Waals surface area contributed by atoms with Crippen LogP contribution in [0.4, 0.5) is 0 Å². The van der Waals surface area contributed by atoms with Gasteiger partial charge in [0.25, 0.3) is 0 Å². The number of hydrogen-bond donors (Lipinski definition) is 2. The number of hydrogen-bond acceptors (Lipinski definition) is 3. The lowest BCUT2D eigenvalue weighted by atomic mass is 10.1. The maximum atomic E-state index is 4.74. The van der Waals surface area contributed by atoms with E-state index in [0.717, 1.165) is 43.3 Å². The monoisotopic (exact) mass is 284 g/mol. The number of rotatable bonds is 7. The first-order valence-electron chi connectivity index (χ1n) is 7.58. The van der Waals surface area contributed by atoms with E-state index in [1.165, 1.54) is 32.4 Å². The molecule has 2 N–H and O–H groups in total. The molecule has 2 aliphatic rings. The normalized spacial score (nSPS) is 24.7. The Balaban J connectivity index is 1.70. The van der Waals surface area contributed by atoms with Crippen molar-refractivity contribution in [1.82, 2.24) is 15.5 Å². The van der Waals surface area contributed by atoms with Crippen LogP contribution in [0.15, 0.2) is 4.99 Å². The Morgan fingerprint density at radius 2 is 2.16 bits per heavy atom. The minimum absolute atomic E-state index is 0.761. The topological polar surface area (TPSA) is 39.7 Å². The molecule has 0 amide bonds. The van der Waals surface area contributed by atoms with Crippen molar-refractivity contribution in [1.29, 1.82) is 0 Å². The highest BCUT2D eigenvalue weighted by Crippen LogP contribution is 2.31. The van der Waals surface area contributed by atoms with Crippen LogP contribution in [-0.4, -0.2) is 61.6 Å². The number of nitrogens with one attached hydrogen (secondary N) is 2. The van der Waals surface area contributed by atoms with E-state index in [9.17, 15) is 0 Å². The molecule has 0 aromatic carbocycles. The largest absolute Gasteiger partial charge is 0.357 e. The van der Waals surface area contributed by atoms with Gasteiger partial charge in [-0.1, -0.05) is 0 Å². The highest BCUT2D eigenvalue weighted by atomic mass is 32.2. The van der Waals surface area contributed by atoms with E-state index < -0.39 is 0 Å². The van der Waals surface area contributed by atoms with Gasteiger partial charge in [0.1, 0.15) is 0 Å². The maximum absolute atomic E-state index is 4.74. The summed E-state index contributed by atoms with van der Waals surface area (Å²) < 4.78 is 0. The molecule has 0 radical (unpaired) electrons. The fourth-order valence-corrected chi connectivity index (χ4v) is 2.92. The molecule has 1 aliphatic carbocycles. The summed E-state index contributed by atoms with van der Waals surface area (Å²) in [6.45, 7) is 7.57. The minimum Gasteiger partial charge on any atom is -0.357 e. The molecule has 1 saturated carbocycles. The zero-order valence-corrected chi connectivity index (χ0v) is 13.1. The zero-order valence-electron chi connectivity index (χ0n) is 12.3. The van der Waals surface area contributed by atoms with Crippen molar-refractivity contribution in [2.75, 3.05) is 44.7 Å². The predicted molar refractivity (Wildman–Crippen MR) is 85.1 cm³/mol. The average Bonchev–Trinajstić information content (AvgIpc) is 3.16. The second kappa shape index (κ2) is 8.00. The molecule has 2 fully saturated rings. The molecule has 2 rings (SSSR count). The zero-order chi connectivity index (χ0) is 13.5. The molecule has 0 aromatic heterocycles. The van der Waals surface area contributed by atoms with E-state index in [-0.39, 0.29) is 0 Å². The van der Waals surface area contributed by atoms with Crippen LogP contribution >= 0.6 is 11.8 Å². The number of aliphatic imine (C=N–C) groups is 1. The molecule has 19 heavy (non-hydrogen) atoms. The van der Waals surface area contributed by atoms with Crippen molar-refractivity contribution in [3.63, 3.8) is 0 Å². The first-order chi connectivity index (χ1) is 9.33. The van der Waals surface area contributed by atoms with E-state index in [4.69, 9.17) is 4.99 Å². The summed E-state index contributed by atoms with van der Waals surface area (Å²) in [7, 11) is 0. The van der Waals surface area contributed by atoms with Gasteiger partial charge in [-0.05, 0) is 44.9 Å². The SMILES string of the molecule is CCNC(=NCC1CCN(C2CC2)C1)NCCSC. The van der Waals surface area contributed by atoms with Gasteiger partial charge < -0.3 is 15.5 Å². The number of nitrogens with zero attached hydrogens (tertiary/aromatic N) is 2. The smallest absolute Gasteiger partial charge is 0.191 e. The standard InChI is InChI=1S/C14H28N4S/c1-3-15-14(16-7-9-19-2)17-10-12-6-8-18(11-12)13-4-5-13/h12-13H,3-11H2,1-2H3,(H2,15,16,17). The van der Waals surface area contributed by atoms with Crippen LogP contribution in [0.3, 0.4) is 0 Å². The summed E-state index contributed by atoms with van der Waals surface area (Å²) in [5, 5.41) is 6.72. The minimum atomic E-state index is 0.761. The van der Waals surface area contributed by atoms with E-state index in [0.29, 0.717) is 0 Å². The summed E-state index contributed by atoms with van der Waals surface area (Å²) in [4.78, 5) is 7.40. The quantitative estimate of drug-likeness (QED) is 0.421. The molecule has 1 heterocycles. The molecule has 1 atom stereocenters. The van der Waals surface area contributed by atoms with Crippen LogP contribution in [0.5, 0.6) is 0 Å². The Morgan fingerprint density at radius 1 is 1.32 bits per heavy atom. The third kappa shape index (κ3) is 5.22. The Bertz CT molecular complexity index is 291. The molecular formula is C14H28N4S. The van der Waals surface area contributed by atoms with Crippen molar-refractivity contribution in [2.45, 2.75) is 32.2 Å². The van der Waals surface area contributed by atoms with Crippen LogP contribution in [-0.2, 0) is 0 Å². The lowest BCUT2D eigenvalue weighted by molar-refractivity contribution is 0.315. The maximum Gasteiger partial charge on any atom is 0.191 e. The lowest BCUT2D eigenvalue weighted by Gasteiger charge is -2.14. The van der Waals surface area contributed by atoms with Crippen LogP contribution in [0.2, 0.25) is 0 Å². The molecule has 1 unspecified atom stereocenters. The third-order valence-electron chi connectivity index (χ3n) is 3.83. The molecule has 0 aromatic rings. The third-order valence-corrected chi connectivity index (χ3v) is 4.44. The highest BCUT2D eigenvalue weighted by molar-refractivity contribution is 7.98. The summed E-state index contributed by atoms with van der Waals surface area (Å²) >= 11 is 1.86. The van der Waals surface area contributed by atoms with E-state index in [1.807, 2.05) is 11.8 Å². The van der Waals surface area contributed by atoms with Gasteiger partial charge in [-0.2, -0.15) is 11.8 Å².